The predicted octanol–water partition coefficient (Wildman–Crippen LogP) is 2.85. The standard InChI is InChI=1S/C22H27N3O3/c1-16-4-6-17(7-5-16)8-11-21(26)23-18-9-10-19-20(14-18)28-15-22(27)25(19)13-12-24(2)3/h4-7,9-10,14H,8,11-13,15H2,1-3H3,(H,23,26). The van der Waals surface area contributed by atoms with E-state index in [1.165, 1.54) is 5.56 Å². The molecule has 0 unspecified atom stereocenters. The zero-order valence-electron chi connectivity index (χ0n) is 16.7. The molecule has 2 amide bonds. The van der Waals surface area contributed by atoms with E-state index >= 15 is 0 Å². The second-order valence-electron chi connectivity index (χ2n) is 7.35. The van der Waals surface area contributed by atoms with Crippen LogP contribution in [-0.2, 0) is 16.0 Å². The number of hydrogen-bond donors (Lipinski definition) is 1. The number of carbonyl (C=O) groups excluding carboxylic acids is 2. The Hall–Kier alpha value is -2.86. The molecule has 0 aromatic heterocycles. The molecule has 6 nitrogen and oxygen atoms in total. The largest absolute Gasteiger partial charge is 0.481 e. The lowest BCUT2D eigenvalue weighted by Gasteiger charge is -2.30. The van der Waals surface area contributed by atoms with Gasteiger partial charge in [0.2, 0.25) is 5.91 Å². The highest BCUT2D eigenvalue weighted by atomic mass is 16.5. The lowest BCUT2D eigenvalue weighted by atomic mass is 10.1. The minimum absolute atomic E-state index is 0.0191. The zero-order chi connectivity index (χ0) is 20.1. The molecule has 2 aromatic rings. The number of nitrogens with zero attached hydrogens (tertiary/aromatic N) is 2. The van der Waals surface area contributed by atoms with Gasteiger partial charge in [0.15, 0.2) is 6.61 Å². The van der Waals surface area contributed by atoms with Crippen molar-refractivity contribution in [3.8, 4) is 5.75 Å². The van der Waals surface area contributed by atoms with Crippen LogP contribution in [0.5, 0.6) is 5.75 Å². The Labute approximate surface area is 166 Å². The van der Waals surface area contributed by atoms with Crippen LogP contribution in [0.2, 0.25) is 0 Å². The van der Waals surface area contributed by atoms with Crippen LogP contribution in [0.1, 0.15) is 17.5 Å². The van der Waals surface area contributed by atoms with Gasteiger partial charge >= 0.3 is 0 Å². The van der Waals surface area contributed by atoms with Crippen molar-refractivity contribution in [2.45, 2.75) is 19.8 Å². The molecule has 1 aliphatic heterocycles. The third kappa shape index (κ3) is 5.10. The van der Waals surface area contributed by atoms with Gasteiger partial charge in [0.25, 0.3) is 5.91 Å². The fraction of sp³-hybridized carbons (Fsp3) is 0.364. The van der Waals surface area contributed by atoms with Gasteiger partial charge in [-0.2, -0.15) is 0 Å². The number of aryl methyl sites for hydroxylation is 2. The van der Waals surface area contributed by atoms with Crippen LogP contribution in [0.25, 0.3) is 0 Å². The van der Waals surface area contributed by atoms with Crippen molar-refractivity contribution in [1.29, 1.82) is 0 Å². The van der Waals surface area contributed by atoms with Crippen molar-refractivity contribution in [3.63, 3.8) is 0 Å². The molecular formula is C22H27N3O3. The lowest BCUT2D eigenvalue weighted by molar-refractivity contribution is -0.121. The van der Waals surface area contributed by atoms with Crippen molar-refractivity contribution in [1.82, 2.24) is 4.90 Å². The van der Waals surface area contributed by atoms with Gasteiger partial charge in [-0.05, 0) is 45.1 Å². The molecule has 0 fully saturated rings. The van der Waals surface area contributed by atoms with Gasteiger partial charge < -0.3 is 19.9 Å². The highest BCUT2D eigenvalue weighted by Crippen LogP contribution is 2.34. The fourth-order valence-corrected chi connectivity index (χ4v) is 3.06. The Morgan fingerprint density at radius 2 is 1.93 bits per heavy atom. The number of fused-ring (bicyclic) bond motifs is 1. The molecule has 0 radical (unpaired) electrons. The lowest BCUT2D eigenvalue weighted by Crippen LogP contribution is -2.42. The first-order valence-corrected chi connectivity index (χ1v) is 9.50. The summed E-state index contributed by atoms with van der Waals surface area (Å²) in [6.45, 7) is 3.43. The maximum Gasteiger partial charge on any atom is 0.265 e. The maximum atomic E-state index is 12.3. The van der Waals surface area contributed by atoms with Crippen LogP contribution in [-0.4, -0.2) is 50.5 Å². The van der Waals surface area contributed by atoms with E-state index in [9.17, 15) is 9.59 Å². The van der Waals surface area contributed by atoms with Crippen LogP contribution >= 0.6 is 0 Å². The molecule has 1 N–H and O–H groups in total. The highest BCUT2D eigenvalue weighted by molar-refractivity contribution is 5.99. The third-order valence-electron chi connectivity index (χ3n) is 4.72. The van der Waals surface area contributed by atoms with Crippen LogP contribution in [0.15, 0.2) is 42.5 Å². The number of benzene rings is 2. The van der Waals surface area contributed by atoms with E-state index in [4.69, 9.17) is 4.74 Å². The van der Waals surface area contributed by atoms with Crippen LogP contribution in [0, 0.1) is 6.92 Å². The molecular weight excluding hydrogens is 354 g/mol. The molecule has 0 saturated heterocycles. The quantitative estimate of drug-likeness (QED) is 0.801. The third-order valence-corrected chi connectivity index (χ3v) is 4.72. The van der Waals surface area contributed by atoms with Crippen molar-refractivity contribution in [2.75, 3.05) is 44.0 Å². The molecule has 1 heterocycles. The average molecular weight is 381 g/mol. The Morgan fingerprint density at radius 1 is 1.18 bits per heavy atom. The van der Waals surface area contributed by atoms with Gasteiger partial charge in [0.05, 0.1) is 5.69 Å². The van der Waals surface area contributed by atoms with Gasteiger partial charge in [-0.15, -0.1) is 0 Å². The average Bonchev–Trinajstić information content (AvgIpc) is 2.66. The molecule has 0 saturated carbocycles. The normalized spacial score (nSPS) is 13.3. The highest BCUT2D eigenvalue weighted by Gasteiger charge is 2.25. The summed E-state index contributed by atoms with van der Waals surface area (Å²) in [6.07, 6.45) is 1.11. The van der Waals surface area contributed by atoms with E-state index in [1.54, 1.807) is 11.0 Å². The Balaban J connectivity index is 1.62. The van der Waals surface area contributed by atoms with E-state index in [-0.39, 0.29) is 18.4 Å². The van der Waals surface area contributed by atoms with Gasteiger partial charge in [-0.3, -0.25) is 9.59 Å². The zero-order valence-corrected chi connectivity index (χ0v) is 16.7. The molecule has 0 aliphatic carbocycles. The molecule has 0 spiro atoms. The summed E-state index contributed by atoms with van der Waals surface area (Å²) < 4.78 is 5.58. The van der Waals surface area contributed by atoms with Crippen LogP contribution in [0.3, 0.4) is 0 Å². The maximum absolute atomic E-state index is 12.3. The topological polar surface area (TPSA) is 61.9 Å². The summed E-state index contributed by atoms with van der Waals surface area (Å²) in [5, 5.41) is 2.92. The summed E-state index contributed by atoms with van der Waals surface area (Å²) in [4.78, 5) is 28.2. The van der Waals surface area contributed by atoms with Gasteiger partial charge in [-0.1, -0.05) is 29.8 Å². The number of hydrogen-bond acceptors (Lipinski definition) is 4. The Kier molecular flexibility index (Phi) is 6.31. The van der Waals surface area contributed by atoms with Crippen LogP contribution in [0.4, 0.5) is 11.4 Å². The monoisotopic (exact) mass is 381 g/mol. The summed E-state index contributed by atoms with van der Waals surface area (Å²) in [6, 6.07) is 13.6. The van der Waals surface area contributed by atoms with Crippen molar-refractivity contribution in [3.05, 3.63) is 53.6 Å². The SMILES string of the molecule is Cc1ccc(CCC(=O)Nc2ccc3c(c2)OCC(=O)N3CCN(C)C)cc1. The second kappa shape index (κ2) is 8.89. The number of carbonyl (C=O) groups is 2. The smallest absolute Gasteiger partial charge is 0.265 e. The minimum atomic E-state index is -0.0516. The fourth-order valence-electron chi connectivity index (χ4n) is 3.06. The first kappa shape index (κ1) is 19.9. The predicted molar refractivity (Wildman–Crippen MR) is 111 cm³/mol. The summed E-state index contributed by atoms with van der Waals surface area (Å²) in [7, 11) is 3.95. The van der Waals surface area contributed by atoms with E-state index in [0.717, 1.165) is 17.8 Å². The van der Waals surface area contributed by atoms with Crippen molar-refractivity contribution in [2.24, 2.45) is 0 Å². The molecule has 0 bridgehead atoms. The number of rotatable bonds is 7. The Bertz CT molecular complexity index is 847. The molecule has 0 atom stereocenters. The summed E-state index contributed by atoms with van der Waals surface area (Å²) >= 11 is 0. The number of ether oxygens (including phenoxy) is 1. The molecule has 1 aliphatic rings. The summed E-state index contributed by atoms with van der Waals surface area (Å²) in [5.74, 6) is 0.524. The van der Waals surface area contributed by atoms with Crippen molar-refractivity contribution >= 4 is 23.2 Å². The van der Waals surface area contributed by atoms with E-state index in [2.05, 4.69) is 29.6 Å². The van der Waals surface area contributed by atoms with Crippen LogP contribution < -0.4 is 15.0 Å². The molecule has 148 valence electrons. The second-order valence-corrected chi connectivity index (χ2v) is 7.35. The van der Waals surface area contributed by atoms with Crippen molar-refractivity contribution < 1.29 is 14.3 Å². The number of likely N-dealkylation sites (N-methyl/N-ethyl adjacent to an activating group) is 1. The van der Waals surface area contributed by atoms with Gasteiger partial charge in [-0.25, -0.2) is 0 Å². The summed E-state index contributed by atoms with van der Waals surface area (Å²) in [5.41, 5.74) is 3.77. The molecule has 6 heteroatoms. The first-order valence-electron chi connectivity index (χ1n) is 9.50. The van der Waals surface area contributed by atoms with E-state index < -0.39 is 0 Å². The van der Waals surface area contributed by atoms with Gasteiger partial charge in [0, 0.05) is 31.3 Å². The number of nitrogens with one attached hydrogen (secondary N) is 1. The van der Waals surface area contributed by atoms with E-state index in [1.807, 2.05) is 38.1 Å². The van der Waals surface area contributed by atoms with Gasteiger partial charge in [0.1, 0.15) is 5.75 Å². The molecule has 2 aromatic carbocycles. The molecule has 28 heavy (non-hydrogen) atoms. The minimum Gasteiger partial charge on any atom is -0.481 e. The van der Waals surface area contributed by atoms with E-state index in [0.29, 0.717) is 30.8 Å². The first-order chi connectivity index (χ1) is 13.4. The Morgan fingerprint density at radius 3 is 2.64 bits per heavy atom. The molecule has 3 rings (SSSR count). The number of amides is 2. The number of anilines is 2.